The molecular formula is C66H129NO19P2. The molecule has 22 heteroatoms. The summed E-state index contributed by atoms with van der Waals surface area (Å²) in [4.78, 5) is 53.5. The Morgan fingerprint density at radius 3 is 1.45 bits per heavy atom. The van der Waals surface area contributed by atoms with Crippen molar-refractivity contribution in [1.29, 1.82) is 0 Å². The van der Waals surface area contributed by atoms with Crippen molar-refractivity contribution in [3.8, 4) is 0 Å². The van der Waals surface area contributed by atoms with Gasteiger partial charge in [-0.25, -0.2) is 9.13 Å². The van der Waals surface area contributed by atoms with Gasteiger partial charge in [0.05, 0.1) is 35.3 Å². The Morgan fingerprint density at radius 2 is 0.955 bits per heavy atom. The van der Waals surface area contributed by atoms with E-state index in [0.717, 1.165) is 135 Å². The zero-order valence-corrected chi connectivity index (χ0v) is 56.9. The van der Waals surface area contributed by atoms with E-state index in [4.69, 9.17) is 40.4 Å². The van der Waals surface area contributed by atoms with Crippen molar-refractivity contribution in [2.75, 3.05) is 46.2 Å². The highest BCUT2D eigenvalue weighted by atomic mass is 31.2. The Kier molecular flexibility index (Phi) is 49.0. The minimum absolute atomic E-state index is 0.0717. The molecule has 0 radical (unpaired) electrons. The highest BCUT2D eigenvalue weighted by Crippen LogP contribution is 2.43. The average molecular weight is 1300 g/mol. The minimum Gasteiger partial charge on any atom is -0.394 e. The normalized spacial score (nSPS) is 24.2. The van der Waals surface area contributed by atoms with Gasteiger partial charge in [-0.15, -0.1) is 0 Å². The van der Waals surface area contributed by atoms with Gasteiger partial charge >= 0.3 is 15.6 Å². The number of carbonyl (C=O) groups is 1. The fourth-order valence-corrected chi connectivity index (χ4v) is 12.2. The first-order valence-electron chi connectivity index (χ1n) is 36.2. The highest BCUT2D eigenvalue weighted by Gasteiger charge is 2.52. The Hall–Kier alpha value is -0.970. The molecule has 3 unspecified atom stereocenters. The van der Waals surface area contributed by atoms with E-state index in [0.29, 0.717) is 38.5 Å². The maximum absolute atomic E-state index is 14.1. The zero-order chi connectivity index (χ0) is 66.1. The summed E-state index contributed by atoms with van der Waals surface area (Å²) >= 11 is 0. The summed E-state index contributed by atoms with van der Waals surface area (Å²) in [6.07, 6.45) is 29.6. The largest absolute Gasteiger partial charge is 0.470 e. The Morgan fingerprint density at radius 1 is 0.500 bits per heavy atom. The van der Waals surface area contributed by atoms with E-state index in [-0.39, 0.29) is 19.4 Å². The molecule has 8 N–H and O–H groups in total. The first-order valence-corrected chi connectivity index (χ1v) is 38.1. The van der Waals surface area contributed by atoms with Gasteiger partial charge in [-0.1, -0.05) is 239 Å². The molecule has 2 aliphatic heterocycles. The molecular weight excluding hydrogens is 1170 g/mol. The Bertz CT molecular complexity index is 1830. The number of nitrogens with one attached hydrogen (secondary N) is 1. The fourth-order valence-electron chi connectivity index (χ4n) is 11.3. The molecule has 0 aromatic carbocycles. The molecule has 13 atom stereocenters. The molecule has 1 amide bonds. The Labute approximate surface area is 535 Å². The lowest BCUT2D eigenvalue weighted by Gasteiger charge is -2.47. The van der Waals surface area contributed by atoms with E-state index in [1.54, 1.807) is 0 Å². The topological polar surface area (TPSA) is 288 Å². The number of aliphatic hydroxyl groups excluding tert-OH is 3. The third-order valence-electron chi connectivity index (χ3n) is 16.5. The summed E-state index contributed by atoms with van der Waals surface area (Å²) in [5.74, 6) is -0.453. The van der Waals surface area contributed by atoms with Gasteiger partial charge in [0.15, 0.2) is 12.6 Å². The number of carbonyl (C=O) groups excluding carboxylic acids is 1. The van der Waals surface area contributed by atoms with Crippen LogP contribution in [0.1, 0.15) is 294 Å². The van der Waals surface area contributed by atoms with Gasteiger partial charge in [0, 0.05) is 26.2 Å². The molecule has 0 bridgehead atoms. The summed E-state index contributed by atoms with van der Waals surface area (Å²) < 4.78 is 96.7. The number of phosphoric acid groups is 2. The number of phosphoric ester groups is 2. The second-order valence-electron chi connectivity index (χ2n) is 24.5. The fraction of sp³-hybridized carbons (Fsp3) is 0.955. The maximum atomic E-state index is 14.1. The summed E-state index contributed by atoms with van der Waals surface area (Å²) in [5.41, 5.74) is 0. The van der Waals surface area contributed by atoms with Gasteiger partial charge in [-0.2, -0.15) is 0 Å². The standard InChI is InChI=1S/C66H129NO19P2/c1-5-9-13-17-20-23-26-27-28-29-30-31-34-38-42-46-58(70)67-59-62(80-50-47-55(69)45-41-37-16-12-8-4)61(86-88(75,76)77)56(53-68)84-65(59)82-54-57-60(71)63(78-48-43-39-35-32-24-21-18-14-10-6-2)64(66(85-57)81-51-52-83-87(72,73)74)79-49-44-40-36-33-25-22-19-15-11-7-3/h23,26,55-57,59-66,68-69,71H,5-22,24-25,27-54H2,1-4H3,(H,67,70)(H2,72,73,74)(H2,75,76,77)/b26-23-/t55-,56-,57-,59-,60-,61-,62-,63+,64-,65-,66?/m1/s1/i48D,49D/t48?,49?,55-,56-,57-,59-,60-,61-,62-,63+,64-,65-,66?. The van der Waals surface area contributed by atoms with E-state index in [9.17, 15) is 48.8 Å². The summed E-state index contributed by atoms with van der Waals surface area (Å²) in [7, 11) is -10.2. The molecule has 2 heterocycles. The summed E-state index contributed by atoms with van der Waals surface area (Å²) in [6, 6.07) is -1.37. The first kappa shape index (κ1) is 79.5. The second-order valence-corrected chi connectivity index (χ2v) is 27.0. The van der Waals surface area contributed by atoms with Crippen molar-refractivity contribution < 1.29 is 93.8 Å². The predicted octanol–water partition coefficient (Wildman–Crippen LogP) is 14.0. The molecule has 2 fully saturated rings. The number of ether oxygens (including phenoxy) is 7. The van der Waals surface area contributed by atoms with Gasteiger partial charge in [0.2, 0.25) is 5.91 Å². The lowest BCUT2D eigenvalue weighted by molar-refractivity contribution is -0.331. The molecule has 0 aromatic rings. The minimum atomic E-state index is -5.32. The molecule has 20 nitrogen and oxygen atoms in total. The number of allylic oxidation sites excluding steroid dienone is 2. The third kappa shape index (κ3) is 42.4. The van der Waals surface area contributed by atoms with Crippen LogP contribution in [0.25, 0.3) is 0 Å². The molecule has 0 aliphatic carbocycles. The zero-order valence-electron chi connectivity index (χ0n) is 57.1. The van der Waals surface area contributed by atoms with Crippen molar-refractivity contribution in [2.24, 2.45) is 0 Å². The van der Waals surface area contributed by atoms with E-state index in [2.05, 4.69) is 49.7 Å². The molecule has 2 saturated heterocycles. The smallest absolute Gasteiger partial charge is 0.394 e. The predicted molar refractivity (Wildman–Crippen MR) is 346 cm³/mol. The van der Waals surface area contributed by atoms with Crippen LogP contribution < -0.4 is 5.32 Å². The lowest BCUT2D eigenvalue weighted by Crippen LogP contribution is -2.66. The van der Waals surface area contributed by atoms with Crippen LogP contribution in [0.2, 0.25) is 0 Å². The summed E-state index contributed by atoms with van der Waals surface area (Å²) in [5, 5.41) is 37.1. The van der Waals surface area contributed by atoms with Crippen LogP contribution in [0.15, 0.2) is 12.2 Å². The van der Waals surface area contributed by atoms with Crippen LogP contribution in [-0.2, 0) is 56.1 Å². The number of rotatable bonds is 61. The van der Waals surface area contributed by atoms with E-state index < -0.39 is 129 Å². The molecule has 0 saturated carbocycles. The number of aliphatic hydroxyl groups is 3. The van der Waals surface area contributed by atoms with E-state index in [1.165, 1.54) is 77.0 Å². The van der Waals surface area contributed by atoms with E-state index >= 15 is 0 Å². The molecule has 522 valence electrons. The quantitative estimate of drug-likeness (QED) is 0.0159. The molecule has 2 aliphatic rings. The van der Waals surface area contributed by atoms with Gasteiger partial charge in [-0.05, 0) is 57.8 Å². The third-order valence-corrected chi connectivity index (χ3v) is 17.5. The van der Waals surface area contributed by atoms with Crippen LogP contribution >= 0.6 is 15.6 Å². The number of amides is 1. The van der Waals surface area contributed by atoms with Crippen LogP contribution in [0.3, 0.4) is 0 Å². The van der Waals surface area contributed by atoms with Crippen molar-refractivity contribution in [1.82, 2.24) is 5.32 Å². The van der Waals surface area contributed by atoms with Gasteiger partial charge in [-0.3, -0.25) is 13.8 Å². The summed E-state index contributed by atoms with van der Waals surface area (Å²) in [6.45, 7) is 3.81. The first-order chi connectivity index (χ1) is 43.4. The monoisotopic (exact) mass is 1300 g/mol. The van der Waals surface area contributed by atoms with E-state index in [1.807, 2.05) is 0 Å². The molecule has 88 heavy (non-hydrogen) atoms. The average Bonchev–Trinajstić information content (AvgIpc) is 1.08. The van der Waals surface area contributed by atoms with Gasteiger partial charge in [0.1, 0.15) is 48.8 Å². The molecule has 2 rings (SSSR count). The van der Waals surface area contributed by atoms with Crippen molar-refractivity contribution in [3.63, 3.8) is 0 Å². The van der Waals surface area contributed by atoms with Crippen LogP contribution in [0, 0.1) is 0 Å². The van der Waals surface area contributed by atoms with Gasteiger partial charge < -0.3 is 73.4 Å². The Balaban J connectivity index is 2.46. The lowest BCUT2D eigenvalue weighted by atomic mass is 9.95. The van der Waals surface area contributed by atoms with Crippen LogP contribution in [-0.4, -0.2) is 154 Å². The molecule has 0 spiro atoms. The highest BCUT2D eigenvalue weighted by molar-refractivity contribution is 7.46. The van der Waals surface area contributed by atoms with Crippen molar-refractivity contribution in [3.05, 3.63) is 12.2 Å². The van der Waals surface area contributed by atoms with Crippen LogP contribution in [0.5, 0.6) is 0 Å². The molecule has 0 aromatic heterocycles. The number of hydrogen-bond donors (Lipinski definition) is 8. The second kappa shape index (κ2) is 54.3. The van der Waals surface area contributed by atoms with Gasteiger partial charge in [0.25, 0.3) is 0 Å². The van der Waals surface area contributed by atoms with Crippen molar-refractivity contribution >= 4 is 21.6 Å². The maximum Gasteiger partial charge on any atom is 0.470 e. The number of hydrogen-bond acceptors (Lipinski definition) is 15. The number of unbranched alkanes of at least 4 members (excludes halogenated alkanes) is 31. The van der Waals surface area contributed by atoms with Crippen molar-refractivity contribution in [2.45, 2.75) is 358 Å². The van der Waals surface area contributed by atoms with Crippen LogP contribution in [0.4, 0.5) is 0 Å². The SMILES string of the molecule is [2H]C(CCCCCCCCCCC)O[C@H]1[C@H](O)[C@@H](CO[C@@H]2O[C@H](CO)[C@@H](OP(=O)(O)O)[C@H](OCC[C@H](O)CCCCCCC)[C@H]2NC(=O)CCCCCCCCC/C=C\CCCCCC)OC(OCCOP(=O)(O)O)[C@@H]1OC([2H])CCCCCCCCCCC.